The predicted octanol–water partition coefficient (Wildman–Crippen LogP) is 2.37. The largest absolute Gasteiger partial charge is 0.369 e. The van der Waals surface area contributed by atoms with E-state index in [4.69, 9.17) is 5.73 Å². The molecule has 1 saturated carbocycles. The van der Waals surface area contributed by atoms with Crippen LogP contribution in [0.2, 0.25) is 0 Å². The molecule has 0 saturated heterocycles. The second-order valence-electron chi connectivity index (χ2n) is 5.83. The highest BCUT2D eigenvalue weighted by Crippen LogP contribution is 2.52. The van der Waals surface area contributed by atoms with E-state index < -0.39 is 0 Å². The summed E-state index contributed by atoms with van der Waals surface area (Å²) in [7, 11) is 0. The van der Waals surface area contributed by atoms with Crippen LogP contribution in [0.5, 0.6) is 0 Å². The fraction of sp³-hybridized carbons (Fsp3) is 0.538. The molecule has 1 fully saturated rings. The van der Waals surface area contributed by atoms with Gasteiger partial charge in [0.25, 0.3) is 0 Å². The molecule has 2 heterocycles. The fourth-order valence-electron chi connectivity index (χ4n) is 2.42. The number of fused-ring (bicyclic) bond motifs is 1. The summed E-state index contributed by atoms with van der Waals surface area (Å²) in [5, 5.41) is 0. The molecule has 4 nitrogen and oxygen atoms in total. The molecule has 1 unspecified atom stereocenters. The number of nitrogens with zero attached hydrogens (tertiary/aromatic N) is 3. The van der Waals surface area contributed by atoms with Gasteiger partial charge in [0, 0.05) is 12.7 Å². The van der Waals surface area contributed by atoms with E-state index in [1.807, 2.05) is 23.8 Å². The van der Waals surface area contributed by atoms with Crippen LogP contribution in [0, 0.1) is 18.3 Å². The molecule has 3 rings (SSSR count). The van der Waals surface area contributed by atoms with Crippen molar-refractivity contribution in [3.05, 3.63) is 17.8 Å². The Morgan fingerprint density at radius 3 is 2.88 bits per heavy atom. The monoisotopic (exact) mass is 230 g/mol. The molecule has 1 aliphatic carbocycles. The molecule has 90 valence electrons. The molecule has 0 amide bonds. The molecular formula is C13H18N4. The summed E-state index contributed by atoms with van der Waals surface area (Å²) < 4.78 is 2.05. The number of anilines is 1. The van der Waals surface area contributed by atoms with Gasteiger partial charge in [0.2, 0.25) is 5.95 Å². The SMILES string of the molecule is Cc1cnc2c(c1)nc(N)n2CC1CC1(C)C. The second-order valence-corrected chi connectivity index (χ2v) is 5.83. The molecule has 1 atom stereocenters. The molecule has 0 aliphatic heterocycles. The van der Waals surface area contributed by atoms with Crippen LogP contribution in [0.15, 0.2) is 12.3 Å². The quantitative estimate of drug-likeness (QED) is 0.861. The maximum Gasteiger partial charge on any atom is 0.202 e. The molecule has 2 aromatic rings. The molecule has 0 spiro atoms. The zero-order chi connectivity index (χ0) is 12.2. The average Bonchev–Trinajstić information content (AvgIpc) is 2.71. The fourth-order valence-corrected chi connectivity index (χ4v) is 2.42. The van der Waals surface area contributed by atoms with Gasteiger partial charge < -0.3 is 5.73 Å². The lowest BCUT2D eigenvalue weighted by molar-refractivity contribution is 0.506. The lowest BCUT2D eigenvalue weighted by Crippen LogP contribution is -2.08. The number of imidazole rings is 1. The second kappa shape index (κ2) is 3.22. The van der Waals surface area contributed by atoms with Crippen molar-refractivity contribution in [1.29, 1.82) is 0 Å². The average molecular weight is 230 g/mol. The van der Waals surface area contributed by atoms with Crippen LogP contribution in [0.1, 0.15) is 25.8 Å². The van der Waals surface area contributed by atoms with E-state index in [9.17, 15) is 0 Å². The van der Waals surface area contributed by atoms with Gasteiger partial charge in [-0.2, -0.15) is 0 Å². The minimum atomic E-state index is 0.452. The predicted molar refractivity (Wildman–Crippen MR) is 68.6 cm³/mol. The van der Waals surface area contributed by atoms with Crippen LogP contribution in [0.3, 0.4) is 0 Å². The van der Waals surface area contributed by atoms with Gasteiger partial charge in [-0.25, -0.2) is 9.97 Å². The maximum atomic E-state index is 5.98. The summed E-state index contributed by atoms with van der Waals surface area (Å²) in [6.45, 7) is 7.55. The summed E-state index contributed by atoms with van der Waals surface area (Å²) in [6, 6.07) is 2.03. The van der Waals surface area contributed by atoms with E-state index >= 15 is 0 Å². The number of nitrogen functional groups attached to an aromatic ring is 1. The van der Waals surface area contributed by atoms with Crippen molar-refractivity contribution in [3.8, 4) is 0 Å². The first kappa shape index (κ1) is 10.6. The van der Waals surface area contributed by atoms with Crippen molar-refractivity contribution >= 4 is 17.1 Å². The molecule has 17 heavy (non-hydrogen) atoms. The summed E-state index contributed by atoms with van der Waals surface area (Å²) in [6.07, 6.45) is 3.13. The van der Waals surface area contributed by atoms with Crippen molar-refractivity contribution in [2.24, 2.45) is 11.3 Å². The van der Waals surface area contributed by atoms with Crippen LogP contribution in [-0.2, 0) is 6.54 Å². The molecule has 2 N–H and O–H groups in total. The number of hydrogen-bond acceptors (Lipinski definition) is 3. The lowest BCUT2D eigenvalue weighted by atomic mass is 10.1. The molecule has 1 aliphatic rings. The Bertz CT molecular complexity index is 582. The third-order valence-electron chi connectivity index (χ3n) is 3.87. The van der Waals surface area contributed by atoms with Crippen molar-refractivity contribution in [1.82, 2.24) is 14.5 Å². The first-order valence-corrected chi connectivity index (χ1v) is 6.06. The number of aromatic nitrogens is 3. The van der Waals surface area contributed by atoms with Crippen molar-refractivity contribution in [2.75, 3.05) is 5.73 Å². The molecule has 2 aromatic heterocycles. The highest BCUT2D eigenvalue weighted by Gasteiger charge is 2.45. The number of pyridine rings is 1. The topological polar surface area (TPSA) is 56.7 Å². The van der Waals surface area contributed by atoms with Crippen molar-refractivity contribution in [2.45, 2.75) is 33.7 Å². The van der Waals surface area contributed by atoms with Gasteiger partial charge in [0.05, 0.1) is 0 Å². The van der Waals surface area contributed by atoms with Crippen LogP contribution >= 0.6 is 0 Å². The van der Waals surface area contributed by atoms with Gasteiger partial charge in [-0.05, 0) is 36.3 Å². The third kappa shape index (κ3) is 1.68. The number of rotatable bonds is 2. The highest BCUT2D eigenvalue weighted by molar-refractivity contribution is 5.74. The van der Waals surface area contributed by atoms with Crippen LogP contribution in [-0.4, -0.2) is 14.5 Å². The summed E-state index contributed by atoms with van der Waals surface area (Å²) in [5.74, 6) is 1.28. The van der Waals surface area contributed by atoms with E-state index in [-0.39, 0.29) is 0 Å². The summed E-state index contributed by atoms with van der Waals surface area (Å²) >= 11 is 0. The van der Waals surface area contributed by atoms with Gasteiger partial charge >= 0.3 is 0 Å². The van der Waals surface area contributed by atoms with Gasteiger partial charge in [-0.15, -0.1) is 0 Å². The minimum Gasteiger partial charge on any atom is -0.369 e. The van der Waals surface area contributed by atoms with E-state index in [0.29, 0.717) is 17.3 Å². The highest BCUT2D eigenvalue weighted by atomic mass is 15.2. The molecule has 0 aromatic carbocycles. The number of aryl methyl sites for hydroxylation is 1. The smallest absolute Gasteiger partial charge is 0.202 e. The Hall–Kier alpha value is -1.58. The Balaban J connectivity index is 2.01. The van der Waals surface area contributed by atoms with E-state index in [1.54, 1.807) is 0 Å². The molecule has 4 heteroatoms. The lowest BCUT2D eigenvalue weighted by Gasteiger charge is -2.07. The van der Waals surface area contributed by atoms with Gasteiger partial charge in [-0.3, -0.25) is 4.57 Å². The Labute approximate surface area is 101 Å². The zero-order valence-corrected chi connectivity index (χ0v) is 10.6. The van der Waals surface area contributed by atoms with Crippen molar-refractivity contribution < 1.29 is 0 Å². The Morgan fingerprint density at radius 2 is 2.24 bits per heavy atom. The first-order chi connectivity index (χ1) is 7.97. The van der Waals surface area contributed by atoms with Crippen LogP contribution in [0.4, 0.5) is 5.95 Å². The normalized spacial score (nSPS) is 21.9. The number of nitrogens with two attached hydrogens (primary N) is 1. The summed E-state index contributed by atoms with van der Waals surface area (Å²) in [4.78, 5) is 8.83. The van der Waals surface area contributed by atoms with Crippen LogP contribution < -0.4 is 5.73 Å². The minimum absolute atomic E-state index is 0.452. The molecule has 0 bridgehead atoms. The first-order valence-electron chi connectivity index (χ1n) is 6.06. The Morgan fingerprint density at radius 1 is 1.53 bits per heavy atom. The van der Waals surface area contributed by atoms with E-state index in [2.05, 4.69) is 23.8 Å². The maximum absolute atomic E-state index is 5.98. The molecule has 0 radical (unpaired) electrons. The standard InChI is InChI=1S/C13H18N4/c1-8-4-10-11(15-6-8)17(12(14)16-10)7-9-5-13(9,2)3/h4,6,9H,5,7H2,1-3H3,(H2,14,16). The van der Waals surface area contributed by atoms with E-state index in [0.717, 1.165) is 23.3 Å². The zero-order valence-electron chi connectivity index (χ0n) is 10.6. The molecular weight excluding hydrogens is 212 g/mol. The van der Waals surface area contributed by atoms with E-state index in [1.165, 1.54) is 6.42 Å². The van der Waals surface area contributed by atoms with Crippen LogP contribution in [0.25, 0.3) is 11.2 Å². The van der Waals surface area contributed by atoms with Gasteiger partial charge in [0.15, 0.2) is 5.65 Å². The Kier molecular flexibility index (Phi) is 2.00. The van der Waals surface area contributed by atoms with Crippen molar-refractivity contribution in [3.63, 3.8) is 0 Å². The number of hydrogen-bond donors (Lipinski definition) is 1. The van der Waals surface area contributed by atoms with Gasteiger partial charge in [0.1, 0.15) is 5.52 Å². The summed E-state index contributed by atoms with van der Waals surface area (Å²) in [5.41, 5.74) is 9.37. The van der Waals surface area contributed by atoms with Gasteiger partial charge in [-0.1, -0.05) is 13.8 Å². The third-order valence-corrected chi connectivity index (χ3v) is 3.87.